The molecule has 3 aromatic heterocycles. The Morgan fingerprint density at radius 2 is 1.69 bits per heavy atom. The van der Waals surface area contributed by atoms with E-state index in [1.807, 2.05) is 12.3 Å². The molecule has 0 aliphatic heterocycles. The first kappa shape index (κ1) is 36.8. The van der Waals surface area contributed by atoms with Crippen molar-refractivity contribution in [1.82, 2.24) is 19.3 Å². The number of allylic oxidation sites excluding steroid dienone is 2. The molecule has 0 N–H and O–H groups in total. The van der Waals surface area contributed by atoms with Gasteiger partial charge in [0.25, 0.3) is 0 Å². The maximum absolute atomic E-state index is 6.69. The van der Waals surface area contributed by atoms with Crippen LogP contribution in [0.5, 0.6) is 11.5 Å². The Morgan fingerprint density at radius 1 is 0.902 bits per heavy atom. The zero-order valence-electron chi connectivity index (χ0n) is 31.4. The Labute approximate surface area is 318 Å². The number of hydrogen-bond acceptors (Lipinski definition) is 3. The first-order valence-electron chi connectivity index (χ1n) is 18.5. The molecule has 0 saturated heterocycles. The quantitative estimate of drug-likeness (QED) is 0.107. The van der Waals surface area contributed by atoms with Crippen LogP contribution in [0.25, 0.3) is 33.3 Å². The van der Waals surface area contributed by atoms with Crippen LogP contribution in [0, 0.1) is 30.9 Å². The molecule has 6 aromatic rings. The smallest absolute Gasteiger partial charge is 0.509 e. The van der Waals surface area contributed by atoms with Crippen molar-refractivity contribution in [3.8, 4) is 23.0 Å². The van der Waals surface area contributed by atoms with Crippen LogP contribution in [0.2, 0.25) is 0 Å². The molecule has 1 aliphatic carbocycles. The van der Waals surface area contributed by atoms with Crippen LogP contribution < -0.4 is 4.74 Å². The summed E-state index contributed by atoms with van der Waals surface area (Å²) < 4.78 is 11.0. The van der Waals surface area contributed by atoms with Gasteiger partial charge in [0.15, 0.2) is 0 Å². The van der Waals surface area contributed by atoms with Crippen molar-refractivity contribution < 1.29 is 25.8 Å². The molecule has 3 atom stereocenters. The van der Waals surface area contributed by atoms with E-state index in [2.05, 4.69) is 144 Å². The molecule has 0 bridgehead atoms. The molecule has 0 radical (unpaired) electrons. The van der Waals surface area contributed by atoms with E-state index >= 15 is 0 Å². The van der Waals surface area contributed by atoms with E-state index in [1.54, 1.807) is 0 Å². The number of fused-ring (bicyclic) bond motifs is 3. The van der Waals surface area contributed by atoms with E-state index in [9.17, 15) is 0 Å². The zero-order valence-corrected chi connectivity index (χ0v) is 33.7. The topological polar surface area (TPSA) is 44.9 Å². The summed E-state index contributed by atoms with van der Waals surface area (Å²) in [5.74, 6) is 4.30. The average Bonchev–Trinajstić information content (AvgIpc) is 3.59. The molecule has 1 unspecified atom stereocenters. The second-order valence-corrected chi connectivity index (χ2v) is 15.2. The number of aryl methyl sites for hydroxylation is 2. The molecule has 1 aliphatic rings. The summed E-state index contributed by atoms with van der Waals surface area (Å²) in [6.45, 7) is 20.4. The van der Waals surface area contributed by atoms with E-state index in [0.717, 1.165) is 46.5 Å². The monoisotopic (exact) mass is 857 g/mol. The fraction of sp³-hybridized carbons (Fsp3) is 0.378. The van der Waals surface area contributed by atoms with Gasteiger partial charge >= 0.3 is 21.1 Å². The fourth-order valence-corrected chi connectivity index (χ4v) is 8.35. The third-order valence-corrected chi connectivity index (χ3v) is 10.5. The minimum absolute atomic E-state index is 0. The van der Waals surface area contributed by atoms with Crippen molar-refractivity contribution in [2.45, 2.75) is 99.3 Å². The Kier molecular flexibility index (Phi) is 10.8. The standard InChI is InChI=1S/C45H50N4O.Pt/c1-10-13-33-18-19-46-42(22-33)48-40-15-12-11-14-38(40)39-17-16-36(26-41(39)48)50-37-24-34(27(2)3)23-35(25-37)49-45(28(4)5)44(32(9)47-49)43-30(7)20-29(6)21-31(43)8;/h11-12,14-20,22-24,27-29,31,43H,10,13,21H2,1-9H3;/q-2;+2/t29-,31-,43?;/m0./s1. The van der Waals surface area contributed by atoms with Gasteiger partial charge in [0, 0.05) is 40.4 Å². The molecule has 6 heteroatoms. The van der Waals surface area contributed by atoms with Gasteiger partial charge in [-0.05, 0) is 85.2 Å². The predicted molar refractivity (Wildman–Crippen MR) is 206 cm³/mol. The molecular weight excluding hydrogens is 808 g/mol. The molecule has 5 nitrogen and oxygen atoms in total. The maximum Gasteiger partial charge on any atom is 2.00 e. The number of rotatable bonds is 9. The largest absolute Gasteiger partial charge is 2.00 e. The molecule has 3 aromatic carbocycles. The molecule has 51 heavy (non-hydrogen) atoms. The molecule has 7 rings (SSSR count). The summed E-state index contributed by atoms with van der Waals surface area (Å²) in [6, 6.07) is 28.6. The SMILES string of the molecule is CCCc1ccnc(-n2c3[c-]c(Oc4[c-]c(-n5nc(C)c(C6C(C)=C[C@H](C)C[C@@H]6C)c5C(C)C)cc(C(C)C)c4)ccc3c3ccccc32)c1.[Pt+2]. The number of para-hydroxylation sites is 1. The first-order valence-corrected chi connectivity index (χ1v) is 18.5. The number of pyridine rings is 1. The van der Waals surface area contributed by atoms with Crippen molar-refractivity contribution in [3.63, 3.8) is 0 Å². The molecule has 3 heterocycles. The first-order chi connectivity index (χ1) is 24.0. The van der Waals surface area contributed by atoms with Crippen LogP contribution in [0.3, 0.4) is 0 Å². The molecule has 0 saturated carbocycles. The van der Waals surface area contributed by atoms with Gasteiger partial charge in [-0.15, -0.1) is 41.3 Å². The summed E-state index contributed by atoms with van der Waals surface area (Å²) in [5, 5.41) is 7.52. The molecule has 0 fully saturated rings. The van der Waals surface area contributed by atoms with Crippen LogP contribution in [-0.4, -0.2) is 19.3 Å². The Morgan fingerprint density at radius 3 is 2.41 bits per heavy atom. The molecular formula is C45H50N4OPt. The third-order valence-electron chi connectivity index (χ3n) is 10.5. The predicted octanol–water partition coefficient (Wildman–Crippen LogP) is 12.0. The van der Waals surface area contributed by atoms with Gasteiger partial charge < -0.3 is 9.30 Å². The van der Waals surface area contributed by atoms with Gasteiger partial charge in [0.05, 0.1) is 5.69 Å². The number of ether oxygens (including phenoxy) is 1. The van der Waals surface area contributed by atoms with Gasteiger partial charge in [-0.1, -0.05) is 90.3 Å². The van der Waals surface area contributed by atoms with Crippen LogP contribution in [0.1, 0.15) is 114 Å². The van der Waals surface area contributed by atoms with Crippen LogP contribution >= 0.6 is 0 Å². The summed E-state index contributed by atoms with van der Waals surface area (Å²) >= 11 is 0. The van der Waals surface area contributed by atoms with Crippen molar-refractivity contribution in [3.05, 3.63) is 119 Å². The van der Waals surface area contributed by atoms with Crippen molar-refractivity contribution >= 4 is 21.8 Å². The van der Waals surface area contributed by atoms with E-state index in [4.69, 9.17) is 14.8 Å². The van der Waals surface area contributed by atoms with Crippen molar-refractivity contribution in [2.24, 2.45) is 11.8 Å². The Bertz CT molecular complexity index is 2220. The van der Waals surface area contributed by atoms with Crippen molar-refractivity contribution in [2.75, 3.05) is 0 Å². The van der Waals surface area contributed by atoms with Gasteiger partial charge in [-0.25, -0.2) is 4.98 Å². The number of nitrogens with zero attached hydrogens (tertiary/aromatic N) is 4. The van der Waals surface area contributed by atoms with Gasteiger partial charge in [-0.3, -0.25) is 4.68 Å². The van der Waals surface area contributed by atoms with E-state index < -0.39 is 0 Å². The maximum atomic E-state index is 6.69. The van der Waals surface area contributed by atoms with Crippen LogP contribution in [-0.2, 0) is 27.5 Å². The van der Waals surface area contributed by atoms with Gasteiger partial charge in [0.1, 0.15) is 5.82 Å². The van der Waals surface area contributed by atoms with Gasteiger partial charge in [0.2, 0.25) is 0 Å². The third kappa shape index (κ3) is 6.99. The second kappa shape index (κ2) is 15.0. The summed E-state index contributed by atoms with van der Waals surface area (Å²) in [4.78, 5) is 4.82. The van der Waals surface area contributed by atoms with Crippen molar-refractivity contribution in [1.29, 1.82) is 0 Å². The molecule has 266 valence electrons. The molecule has 0 spiro atoms. The number of aromatic nitrogens is 4. The zero-order chi connectivity index (χ0) is 35.3. The van der Waals surface area contributed by atoms with E-state index in [-0.39, 0.29) is 27.0 Å². The summed E-state index contributed by atoms with van der Waals surface area (Å²) in [7, 11) is 0. The number of benzene rings is 3. The Hall–Kier alpha value is -3.95. The van der Waals surface area contributed by atoms with E-state index in [1.165, 1.54) is 39.8 Å². The normalized spacial score (nSPS) is 17.7. The number of hydrogen-bond donors (Lipinski definition) is 0. The second-order valence-electron chi connectivity index (χ2n) is 15.2. The van der Waals surface area contributed by atoms with Crippen LogP contribution in [0.15, 0.2) is 78.5 Å². The summed E-state index contributed by atoms with van der Waals surface area (Å²) in [6.07, 6.45) is 7.67. The van der Waals surface area contributed by atoms with Crippen LogP contribution in [0.4, 0.5) is 0 Å². The van der Waals surface area contributed by atoms with E-state index in [0.29, 0.717) is 35.2 Å². The summed E-state index contributed by atoms with van der Waals surface area (Å²) in [5.41, 5.74) is 10.6. The van der Waals surface area contributed by atoms with Gasteiger partial charge in [-0.2, -0.15) is 11.2 Å². The fourth-order valence-electron chi connectivity index (χ4n) is 8.35. The minimum atomic E-state index is 0. The minimum Gasteiger partial charge on any atom is -0.509 e. The average molecular weight is 858 g/mol. The Balaban J connectivity index is 0.00000448. The molecule has 0 amide bonds.